The summed E-state index contributed by atoms with van der Waals surface area (Å²) in [5.41, 5.74) is 7.62. The van der Waals surface area contributed by atoms with Crippen LogP contribution >= 0.6 is 11.3 Å². The topological polar surface area (TPSA) is 55.9 Å². The lowest BCUT2D eigenvalue weighted by molar-refractivity contribution is 0.727. The van der Waals surface area contributed by atoms with Crippen molar-refractivity contribution in [1.82, 2.24) is 9.78 Å². The highest BCUT2D eigenvalue weighted by molar-refractivity contribution is 7.11. The average molecular weight is 264 g/mol. The van der Waals surface area contributed by atoms with Crippen molar-refractivity contribution in [2.45, 2.75) is 33.2 Å². The first-order valence-corrected chi connectivity index (χ1v) is 6.90. The maximum Gasteiger partial charge on any atom is 0.147 e. The maximum absolute atomic E-state index is 6.01. The van der Waals surface area contributed by atoms with E-state index in [1.807, 2.05) is 25.3 Å². The molecule has 0 amide bonds. The molecule has 0 aromatic carbocycles. The number of nitrogen functional groups attached to an aromatic ring is 1. The second kappa shape index (κ2) is 5.02. The Balaban J connectivity index is 2.05. The van der Waals surface area contributed by atoms with E-state index in [9.17, 15) is 0 Å². The number of anilines is 2. The van der Waals surface area contributed by atoms with Gasteiger partial charge in [0.25, 0.3) is 0 Å². The third-order valence-corrected chi connectivity index (χ3v) is 3.98. The van der Waals surface area contributed by atoms with Crippen molar-refractivity contribution < 1.29 is 0 Å². The molecule has 4 nitrogen and oxygen atoms in total. The fraction of sp³-hybridized carbons (Fsp3) is 0.462. The molecule has 0 saturated heterocycles. The maximum atomic E-state index is 6.01. The number of hydrogen-bond acceptors (Lipinski definition) is 4. The van der Waals surface area contributed by atoms with Gasteiger partial charge in [0.15, 0.2) is 0 Å². The first-order chi connectivity index (χ1) is 8.47. The summed E-state index contributed by atoms with van der Waals surface area (Å²) in [6, 6.07) is 4.69. The zero-order chi connectivity index (χ0) is 13.3. The monoisotopic (exact) mass is 264 g/mol. The first kappa shape index (κ1) is 13.0. The van der Waals surface area contributed by atoms with Crippen LogP contribution in [0.5, 0.6) is 0 Å². The summed E-state index contributed by atoms with van der Waals surface area (Å²) >= 11 is 1.85. The smallest absolute Gasteiger partial charge is 0.147 e. The molecule has 0 spiro atoms. The summed E-state index contributed by atoms with van der Waals surface area (Å²) in [4.78, 5) is 2.75. The van der Waals surface area contributed by atoms with E-state index in [1.54, 1.807) is 4.68 Å². The molecule has 3 N–H and O–H groups in total. The normalized spacial score (nSPS) is 12.7. The van der Waals surface area contributed by atoms with Crippen molar-refractivity contribution >= 4 is 22.8 Å². The molecule has 0 aliphatic rings. The van der Waals surface area contributed by atoms with Crippen LogP contribution in [0, 0.1) is 13.8 Å². The van der Waals surface area contributed by atoms with Crippen LogP contribution in [0.4, 0.5) is 11.5 Å². The number of aryl methyl sites for hydroxylation is 3. The molecule has 0 aliphatic heterocycles. The number of aromatic nitrogens is 2. The van der Waals surface area contributed by atoms with Crippen molar-refractivity contribution in [2.24, 2.45) is 7.05 Å². The lowest BCUT2D eigenvalue weighted by atomic mass is 10.2. The molecule has 2 heterocycles. The average Bonchev–Trinajstić information content (AvgIpc) is 2.78. The highest BCUT2D eigenvalue weighted by Gasteiger charge is 2.13. The molecule has 5 heteroatoms. The molecule has 2 aromatic rings. The van der Waals surface area contributed by atoms with Crippen LogP contribution in [-0.2, 0) is 13.5 Å². The highest BCUT2D eigenvalue weighted by atomic mass is 32.1. The van der Waals surface area contributed by atoms with Gasteiger partial charge in [0.2, 0.25) is 0 Å². The molecule has 0 saturated carbocycles. The highest BCUT2D eigenvalue weighted by Crippen LogP contribution is 2.23. The minimum atomic E-state index is 0.333. The largest absolute Gasteiger partial charge is 0.394 e. The first-order valence-electron chi connectivity index (χ1n) is 6.08. The fourth-order valence-corrected chi connectivity index (χ4v) is 3.05. The van der Waals surface area contributed by atoms with Crippen LogP contribution in [-0.4, -0.2) is 15.8 Å². The molecule has 18 heavy (non-hydrogen) atoms. The van der Waals surface area contributed by atoms with Gasteiger partial charge in [-0.25, -0.2) is 0 Å². The van der Waals surface area contributed by atoms with Crippen LogP contribution in [0.3, 0.4) is 0 Å². The van der Waals surface area contributed by atoms with Crippen molar-refractivity contribution in [3.63, 3.8) is 0 Å². The lowest BCUT2D eigenvalue weighted by Gasteiger charge is -2.15. The Labute approximate surface area is 112 Å². The summed E-state index contributed by atoms with van der Waals surface area (Å²) in [5.74, 6) is 0.910. The SMILES string of the molecule is Cc1ccc(CC(C)Nc2c(N)c(C)nn2C)s1. The number of hydrogen-bond donors (Lipinski definition) is 2. The fourth-order valence-electron chi connectivity index (χ4n) is 2.03. The molecular formula is C13H20N4S. The number of nitrogens with zero attached hydrogens (tertiary/aromatic N) is 2. The van der Waals surface area contributed by atoms with Gasteiger partial charge in [-0.3, -0.25) is 4.68 Å². The lowest BCUT2D eigenvalue weighted by Crippen LogP contribution is -2.20. The standard InChI is InChI=1S/C13H20N4S/c1-8(7-11-6-5-9(2)18-11)15-13-12(14)10(3)16-17(13)4/h5-6,8,15H,7,14H2,1-4H3. The zero-order valence-electron chi connectivity index (χ0n) is 11.3. The molecule has 0 radical (unpaired) electrons. The zero-order valence-corrected chi connectivity index (χ0v) is 12.1. The third kappa shape index (κ3) is 2.67. The van der Waals surface area contributed by atoms with Crippen LogP contribution in [0.2, 0.25) is 0 Å². The predicted molar refractivity (Wildman–Crippen MR) is 78.2 cm³/mol. The summed E-state index contributed by atoms with van der Waals surface area (Å²) in [6.07, 6.45) is 1.00. The van der Waals surface area contributed by atoms with E-state index in [4.69, 9.17) is 5.73 Å². The van der Waals surface area contributed by atoms with Gasteiger partial charge in [0.05, 0.1) is 11.4 Å². The van der Waals surface area contributed by atoms with Gasteiger partial charge < -0.3 is 11.1 Å². The molecule has 2 rings (SSSR count). The molecular weight excluding hydrogens is 244 g/mol. The minimum absolute atomic E-state index is 0.333. The minimum Gasteiger partial charge on any atom is -0.394 e. The molecule has 98 valence electrons. The Morgan fingerprint density at radius 3 is 2.67 bits per heavy atom. The number of thiophene rings is 1. The third-order valence-electron chi connectivity index (χ3n) is 2.96. The van der Waals surface area contributed by atoms with Gasteiger partial charge in [0.1, 0.15) is 5.82 Å². The van der Waals surface area contributed by atoms with E-state index in [0.717, 1.165) is 23.6 Å². The Morgan fingerprint density at radius 1 is 1.44 bits per heavy atom. The summed E-state index contributed by atoms with van der Waals surface area (Å²) in [7, 11) is 1.91. The van der Waals surface area contributed by atoms with Gasteiger partial charge in [-0.05, 0) is 32.9 Å². The molecule has 2 aromatic heterocycles. The molecule has 0 bridgehead atoms. The second-order valence-electron chi connectivity index (χ2n) is 4.73. The Kier molecular flexibility index (Phi) is 3.61. The predicted octanol–water partition coefficient (Wildman–Crippen LogP) is 2.72. The van der Waals surface area contributed by atoms with Gasteiger partial charge in [-0.1, -0.05) is 0 Å². The van der Waals surface area contributed by atoms with Crippen LogP contribution < -0.4 is 11.1 Å². The molecule has 1 unspecified atom stereocenters. The second-order valence-corrected chi connectivity index (χ2v) is 6.11. The Morgan fingerprint density at radius 2 is 2.17 bits per heavy atom. The Bertz CT molecular complexity index is 541. The van der Waals surface area contributed by atoms with E-state index < -0.39 is 0 Å². The van der Waals surface area contributed by atoms with Crippen molar-refractivity contribution in [1.29, 1.82) is 0 Å². The summed E-state index contributed by atoms with van der Waals surface area (Å²) in [6.45, 7) is 6.22. The van der Waals surface area contributed by atoms with Crippen molar-refractivity contribution in [3.8, 4) is 0 Å². The van der Waals surface area contributed by atoms with Gasteiger partial charge >= 0.3 is 0 Å². The molecule has 1 atom stereocenters. The van der Waals surface area contributed by atoms with Crippen LogP contribution in [0.15, 0.2) is 12.1 Å². The van der Waals surface area contributed by atoms with Gasteiger partial charge in [0, 0.05) is 29.3 Å². The quantitative estimate of drug-likeness (QED) is 0.892. The number of rotatable bonds is 4. The van der Waals surface area contributed by atoms with Crippen molar-refractivity contribution in [2.75, 3.05) is 11.1 Å². The molecule has 0 fully saturated rings. The van der Waals surface area contributed by atoms with E-state index in [-0.39, 0.29) is 0 Å². The number of nitrogens with one attached hydrogen (secondary N) is 1. The van der Waals surface area contributed by atoms with Crippen LogP contribution in [0.25, 0.3) is 0 Å². The van der Waals surface area contributed by atoms with Crippen LogP contribution in [0.1, 0.15) is 22.4 Å². The van der Waals surface area contributed by atoms with E-state index >= 15 is 0 Å². The number of nitrogens with two attached hydrogens (primary N) is 1. The van der Waals surface area contributed by atoms with Crippen molar-refractivity contribution in [3.05, 3.63) is 27.6 Å². The van der Waals surface area contributed by atoms with E-state index in [1.165, 1.54) is 9.75 Å². The van der Waals surface area contributed by atoms with Gasteiger partial charge in [-0.15, -0.1) is 11.3 Å². The Hall–Kier alpha value is -1.49. The van der Waals surface area contributed by atoms with E-state index in [0.29, 0.717) is 6.04 Å². The summed E-state index contributed by atoms with van der Waals surface area (Å²) in [5, 5.41) is 7.75. The molecule has 0 aliphatic carbocycles. The van der Waals surface area contributed by atoms with E-state index in [2.05, 4.69) is 36.4 Å². The van der Waals surface area contributed by atoms with Gasteiger partial charge in [-0.2, -0.15) is 5.10 Å². The summed E-state index contributed by atoms with van der Waals surface area (Å²) < 4.78 is 1.81.